The smallest absolute Gasteiger partial charge is 0.267 e. The molecule has 2 aromatic heterocycles. The van der Waals surface area contributed by atoms with Gasteiger partial charge in [0.25, 0.3) is 5.91 Å². The summed E-state index contributed by atoms with van der Waals surface area (Å²) in [7, 11) is 1.52. The van der Waals surface area contributed by atoms with Gasteiger partial charge in [0.1, 0.15) is 21.3 Å². The second kappa shape index (κ2) is 6.76. The summed E-state index contributed by atoms with van der Waals surface area (Å²) in [6, 6.07) is 7.84. The summed E-state index contributed by atoms with van der Waals surface area (Å²) in [4.78, 5) is 21.7. The molecule has 6 nitrogen and oxygen atoms in total. The second-order valence-corrected chi connectivity index (χ2v) is 7.00. The number of pyridine rings is 1. The van der Waals surface area contributed by atoms with E-state index in [4.69, 9.17) is 9.47 Å². The molecule has 1 N–H and O–H groups in total. The van der Waals surface area contributed by atoms with Gasteiger partial charge in [-0.15, -0.1) is 11.3 Å². The number of aromatic nitrogens is 2. The fraction of sp³-hybridized carbons (Fsp3) is 0.211. The third-order valence-electron chi connectivity index (χ3n) is 4.10. The fourth-order valence-electron chi connectivity index (χ4n) is 2.82. The van der Waals surface area contributed by atoms with Gasteiger partial charge >= 0.3 is 0 Å². The lowest BCUT2D eigenvalue weighted by Gasteiger charge is -2.08. The predicted octanol–water partition coefficient (Wildman–Crippen LogP) is 3.71. The number of nitrogens with zero attached hydrogens (tertiary/aromatic N) is 2. The number of ether oxygens (including phenoxy) is 2. The molecular formula is C19H17N3O3S. The molecule has 3 aromatic rings. The molecule has 1 aliphatic rings. The van der Waals surface area contributed by atoms with E-state index in [0.29, 0.717) is 16.4 Å². The van der Waals surface area contributed by atoms with E-state index in [1.54, 1.807) is 12.4 Å². The number of hydrogen-bond donors (Lipinski definition) is 1. The molecule has 0 saturated heterocycles. The van der Waals surface area contributed by atoms with Crippen molar-refractivity contribution in [1.82, 2.24) is 9.97 Å². The largest absolute Gasteiger partial charge is 0.493 e. The molecule has 0 aliphatic carbocycles. The van der Waals surface area contributed by atoms with Gasteiger partial charge in [-0.1, -0.05) is 0 Å². The highest BCUT2D eigenvalue weighted by Crippen LogP contribution is 2.33. The molecule has 0 radical (unpaired) electrons. The van der Waals surface area contributed by atoms with Crippen LogP contribution in [0.25, 0.3) is 10.6 Å². The van der Waals surface area contributed by atoms with E-state index in [-0.39, 0.29) is 5.91 Å². The summed E-state index contributed by atoms with van der Waals surface area (Å²) in [6.45, 7) is 2.63. The lowest BCUT2D eigenvalue weighted by atomic mass is 10.1. The van der Waals surface area contributed by atoms with E-state index in [1.165, 1.54) is 24.0 Å². The van der Waals surface area contributed by atoms with Gasteiger partial charge in [-0.2, -0.15) is 0 Å². The van der Waals surface area contributed by atoms with Crippen molar-refractivity contribution in [3.8, 4) is 22.2 Å². The maximum absolute atomic E-state index is 12.6. The zero-order valence-electron chi connectivity index (χ0n) is 14.4. The maximum Gasteiger partial charge on any atom is 0.267 e. The highest BCUT2D eigenvalue weighted by molar-refractivity contribution is 7.17. The number of carbonyl (C=O) groups excluding carboxylic acids is 1. The van der Waals surface area contributed by atoms with Gasteiger partial charge in [-0.25, -0.2) is 9.97 Å². The van der Waals surface area contributed by atoms with Crippen molar-refractivity contribution >= 4 is 22.9 Å². The van der Waals surface area contributed by atoms with Crippen LogP contribution in [0.2, 0.25) is 0 Å². The van der Waals surface area contributed by atoms with E-state index < -0.39 is 0 Å². The molecule has 0 bridgehead atoms. The van der Waals surface area contributed by atoms with Gasteiger partial charge in [-0.05, 0) is 42.3 Å². The molecule has 0 fully saturated rings. The van der Waals surface area contributed by atoms with E-state index in [1.807, 2.05) is 25.1 Å². The van der Waals surface area contributed by atoms with E-state index in [9.17, 15) is 4.79 Å². The molecule has 7 heteroatoms. The number of carbonyl (C=O) groups is 1. The summed E-state index contributed by atoms with van der Waals surface area (Å²) < 4.78 is 10.7. The van der Waals surface area contributed by atoms with Crippen LogP contribution in [0, 0.1) is 6.92 Å². The van der Waals surface area contributed by atoms with Gasteiger partial charge in [0, 0.05) is 18.2 Å². The highest BCUT2D eigenvalue weighted by atomic mass is 32.1. The molecule has 1 aromatic carbocycles. The number of aryl methyl sites for hydroxylation is 1. The quantitative estimate of drug-likeness (QED) is 0.761. The predicted molar refractivity (Wildman–Crippen MR) is 100 cm³/mol. The number of methoxy groups -OCH3 is 1. The maximum atomic E-state index is 12.6. The molecule has 0 unspecified atom stereocenters. The minimum Gasteiger partial charge on any atom is -0.493 e. The highest BCUT2D eigenvalue weighted by Gasteiger charge is 2.17. The Labute approximate surface area is 154 Å². The lowest BCUT2D eigenvalue weighted by molar-refractivity contribution is 0.103. The first-order valence-electron chi connectivity index (χ1n) is 8.18. The van der Waals surface area contributed by atoms with Crippen LogP contribution in [0.15, 0.2) is 36.7 Å². The number of rotatable bonds is 4. The van der Waals surface area contributed by atoms with Crippen molar-refractivity contribution in [2.45, 2.75) is 13.3 Å². The van der Waals surface area contributed by atoms with Gasteiger partial charge in [-0.3, -0.25) is 4.79 Å². The number of amides is 1. The van der Waals surface area contributed by atoms with Crippen molar-refractivity contribution in [3.63, 3.8) is 0 Å². The first-order chi connectivity index (χ1) is 12.6. The summed E-state index contributed by atoms with van der Waals surface area (Å²) in [6.07, 6.45) is 4.19. The van der Waals surface area contributed by atoms with Gasteiger partial charge < -0.3 is 14.8 Å². The van der Waals surface area contributed by atoms with Crippen LogP contribution in [0.3, 0.4) is 0 Å². The van der Waals surface area contributed by atoms with Crippen LogP contribution in [-0.2, 0) is 6.42 Å². The van der Waals surface area contributed by atoms with Crippen LogP contribution in [0.4, 0.5) is 5.69 Å². The summed E-state index contributed by atoms with van der Waals surface area (Å²) in [5.41, 5.74) is 3.65. The Morgan fingerprint density at radius 2 is 2.15 bits per heavy atom. The van der Waals surface area contributed by atoms with Gasteiger partial charge in [0.2, 0.25) is 5.88 Å². The Bertz CT molecular complexity index is 984. The monoisotopic (exact) mass is 367 g/mol. The number of thiazole rings is 1. The van der Waals surface area contributed by atoms with Gasteiger partial charge in [0.05, 0.1) is 19.9 Å². The minimum absolute atomic E-state index is 0.232. The number of nitrogens with one attached hydrogen (secondary N) is 1. The average Bonchev–Trinajstić information content (AvgIpc) is 3.30. The SMILES string of the molecule is COc1ncc(C)cc1NC(=O)c1cnc(-c2ccc3c(c2)CCO3)s1. The standard InChI is InChI=1S/C19H17N3O3S/c1-11-7-14(18(24-2)20-9-11)22-17(23)16-10-21-19(26-16)13-3-4-15-12(8-13)5-6-25-15/h3-4,7-10H,5-6H2,1-2H3,(H,22,23). The molecule has 1 aliphatic heterocycles. The second-order valence-electron chi connectivity index (χ2n) is 5.97. The molecule has 26 heavy (non-hydrogen) atoms. The van der Waals surface area contributed by atoms with E-state index in [0.717, 1.165) is 34.9 Å². The van der Waals surface area contributed by atoms with Crippen molar-refractivity contribution in [2.75, 3.05) is 19.0 Å². The van der Waals surface area contributed by atoms with Crippen LogP contribution in [-0.4, -0.2) is 29.6 Å². The van der Waals surface area contributed by atoms with E-state index >= 15 is 0 Å². The van der Waals surface area contributed by atoms with Crippen molar-refractivity contribution in [2.24, 2.45) is 0 Å². The Hall–Kier alpha value is -2.93. The number of anilines is 1. The van der Waals surface area contributed by atoms with Crippen molar-refractivity contribution in [1.29, 1.82) is 0 Å². The molecule has 1 amide bonds. The Morgan fingerprint density at radius 1 is 1.27 bits per heavy atom. The van der Waals surface area contributed by atoms with Crippen LogP contribution < -0.4 is 14.8 Å². The Balaban J connectivity index is 1.56. The third kappa shape index (κ3) is 3.13. The minimum atomic E-state index is -0.232. The summed E-state index contributed by atoms with van der Waals surface area (Å²) >= 11 is 1.35. The van der Waals surface area contributed by atoms with Crippen LogP contribution in [0.5, 0.6) is 11.6 Å². The molecule has 0 atom stereocenters. The molecule has 3 heterocycles. The van der Waals surface area contributed by atoms with Gasteiger partial charge in [0.15, 0.2) is 0 Å². The normalized spacial score (nSPS) is 12.4. The zero-order chi connectivity index (χ0) is 18.1. The molecule has 0 spiro atoms. The fourth-order valence-corrected chi connectivity index (χ4v) is 3.63. The average molecular weight is 367 g/mol. The number of fused-ring (bicyclic) bond motifs is 1. The molecule has 0 saturated carbocycles. The summed E-state index contributed by atoms with van der Waals surface area (Å²) in [5, 5.41) is 3.65. The first kappa shape index (κ1) is 16.5. The lowest BCUT2D eigenvalue weighted by Crippen LogP contribution is -2.11. The topological polar surface area (TPSA) is 73.3 Å². The zero-order valence-corrected chi connectivity index (χ0v) is 15.2. The number of benzene rings is 1. The molecule has 4 rings (SSSR count). The first-order valence-corrected chi connectivity index (χ1v) is 8.99. The van der Waals surface area contributed by atoms with E-state index in [2.05, 4.69) is 21.4 Å². The third-order valence-corrected chi connectivity index (χ3v) is 5.14. The van der Waals surface area contributed by atoms with Crippen molar-refractivity contribution in [3.05, 3.63) is 52.7 Å². The number of hydrogen-bond acceptors (Lipinski definition) is 6. The Morgan fingerprint density at radius 3 is 3.00 bits per heavy atom. The van der Waals surface area contributed by atoms with Crippen molar-refractivity contribution < 1.29 is 14.3 Å². The van der Waals surface area contributed by atoms with Crippen LogP contribution >= 0.6 is 11.3 Å². The summed E-state index contributed by atoms with van der Waals surface area (Å²) in [5.74, 6) is 1.08. The molecule has 132 valence electrons. The Kier molecular flexibility index (Phi) is 4.30. The van der Waals surface area contributed by atoms with Crippen LogP contribution in [0.1, 0.15) is 20.8 Å². The molecular weight excluding hydrogens is 350 g/mol.